The lowest BCUT2D eigenvalue weighted by atomic mass is 10.2. The van der Waals surface area contributed by atoms with Gasteiger partial charge in [0.1, 0.15) is 0 Å². The summed E-state index contributed by atoms with van der Waals surface area (Å²) in [7, 11) is -2.55. The van der Waals surface area contributed by atoms with Gasteiger partial charge in [-0.2, -0.15) is 4.31 Å². The van der Waals surface area contributed by atoms with Crippen molar-refractivity contribution >= 4 is 38.3 Å². The number of benzene rings is 2. The van der Waals surface area contributed by atoms with Crippen molar-refractivity contribution in [3.63, 3.8) is 0 Å². The van der Waals surface area contributed by atoms with Gasteiger partial charge in [-0.15, -0.1) is 0 Å². The summed E-state index contributed by atoms with van der Waals surface area (Å²) in [4.78, 5) is 27.9. The lowest BCUT2D eigenvalue weighted by molar-refractivity contribution is -0.116. The molecular weight excluding hydrogens is 420 g/mol. The van der Waals surface area contributed by atoms with Crippen molar-refractivity contribution in [2.24, 2.45) is 5.73 Å². The van der Waals surface area contributed by atoms with E-state index in [1.54, 1.807) is 24.4 Å². The molecule has 0 unspecified atom stereocenters. The number of nitrogens with zero attached hydrogens (tertiary/aromatic N) is 2. The van der Waals surface area contributed by atoms with Crippen LogP contribution < -0.4 is 11.1 Å². The first-order valence-electron chi connectivity index (χ1n) is 9.34. The van der Waals surface area contributed by atoms with Gasteiger partial charge in [-0.05, 0) is 36.4 Å². The number of ether oxygens (including phenoxy) is 1. The molecule has 10 heteroatoms. The smallest absolute Gasteiger partial charge is 0.248 e. The summed E-state index contributed by atoms with van der Waals surface area (Å²) in [6.07, 6.45) is 3.10. The molecule has 0 fully saturated rings. The van der Waals surface area contributed by atoms with E-state index in [9.17, 15) is 18.0 Å². The Bertz CT molecular complexity index is 1190. The molecule has 9 nitrogen and oxygen atoms in total. The second-order valence-corrected chi connectivity index (χ2v) is 8.58. The highest BCUT2D eigenvalue weighted by Crippen LogP contribution is 2.25. The van der Waals surface area contributed by atoms with E-state index in [-0.39, 0.29) is 18.0 Å². The zero-order valence-corrected chi connectivity index (χ0v) is 17.6. The van der Waals surface area contributed by atoms with Crippen LogP contribution in [0.3, 0.4) is 0 Å². The minimum absolute atomic E-state index is 0.00562. The van der Waals surface area contributed by atoms with E-state index in [1.165, 1.54) is 43.6 Å². The van der Waals surface area contributed by atoms with Gasteiger partial charge in [0.2, 0.25) is 21.8 Å². The molecule has 31 heavy (non-hydrogen) atoms. The third-order valence-corrected chi connectivity index (χ3v) is 6.48. The molecule has 0 bridgehead atoms. The molecule has 0 saturated carbocycles. The molecule has 2 amide bonds. The minimum Gasteiger partial charge on any atom is -0.383 e. The van der Waals surface area contributed by atoms with Gasteiger partial charge in [0.25, 0.3) is 0 Å². The average Bonchev–Trinajstić information content (AvgIpc) is 2.76. The number of anilines is 1. The first kappa shape index (κ1) is 22.3. The van der Waals surface area contributed by atoms with Gasteiger partial charge in [0.15, 0.2) is 0 Å². The van der Waals surface area contributed by atoms with E-state index in [0.717, 1.165) is 4.31 Å². The SMILES string of the molecule is COCCN(CC(=O)Nc1ccc(C(N)=O)cc1)S(=O)(=O)c1cccc2cnccc12. The number of aromatic nitrogens is 1. The zero-order chi connectivity index (χ0) is 22.4. The Morgan fingerprint density at radius 2 is 1.87 bits per heavy atom. The summed E-state index contributed by atoms with van der Waals surface area (Å²) in [5, 5.41) is 3.82. The van der Waals surface area contributed by atoms with Gasteiger partial charge < -0.3 is 15.8 Å². The summed E-state index contributed by atoms with van der Waals surface area (Å²) in [6.45, 7) is -0.300. The van der Waals surface area contributed by atoms with E-state index >= 15 is 0 Å². The monoisotopic (exact) mass is 442 g/mol. The number of fused-ring (bicyclic) bond motifs is 1. The topological polar surface area (TPSA) is 132 Å². The molecule has 0 aliphatic rings. The number of methoxy groups -OCH3 is 1. The maximum absolute atomic E-state index is 13.4. The van der Waals surface area contributed by atoms with Gasteiger partial charge in [-0.25, -0.2) is 8.42 Å². The first-order valence-corrected chi connectivity index (χ1v) is 10.8. The normalized spacial score (nSPS) is 11.5. The van der Waals surface area contributed by atoms with Crippen LogP contribution in [0.15, 0.2) is 65.8 Å². The molecule has 3 aromatic rings. The number of carbonyl (C=O) groups excluding carboxylic acids is 2. The highest BCUT2D eigenvalue weighted by molar-refractivity contribution is 7.89. The van der Waals surface area contributed by atoms with Crippen molar-refractivity contribution in [1.82, 2.24) is 9.29 Å². The highest BCUT2D eigenvalue weighted by atomic mass is 32.2. The van der Waals surface area contributed by atoms with Gasteiger partial charge in [-0.1, -0.05) is 12.1 Å². The second-order valence-electron chi connectivity index (χ2n) is 6.67. The Balaban J connectivity index is 1.85. The number of hydrogen-bond acceptors (Lipinski definition) is 6. The average molecular weight is 442 g/mol. The molecule has 1 heterocycles. The first-order chi connectivity index (χ1) is 14.8. The van der Waals surface area contributed by atoms with Gasteiger partial charge in [0.05, 0.1) is 18.0 Å². The van der Waals surface area contributed by atoms with Crippen LogP contribution >= 0.6 is 0 Å². The van der Waals surface area contributed by atoms with Crippen LogP contribution in [-0.2, 0) is 19.6 Å². The van der Waals surface area contributed by atoms with Gasteiger partial charge in [0, 0.05) is 48.1 Å². The molecule has 0 radical (unpaired) electrons. The zero-order valence-electron chi connectivity index (χ0n) is 16.8. The third kappa shape index (κ3) is 5.23. The number of amides is 2. The molecule has 0 atom stereocenters. The summed E-state index contributed by atoms with van der Waals surface area (Å²) in [5.74, 6) is -1.12. The maximum Gasteiger partial charge on any atom is 0.248 e. The molecule has 2 aromatic carbocycles. The van der Waals surface area contributed by atoms with Crippen molar-refractivity contribution in [3.8, 4) is 0 Å². The minimum atomic E-state index is -4.00. The van der Waals surface area contributed by atoms with Gasteiger partial charge in [-0.3, -0.25) is 14.6 Å². The molecule has 3 rings (SSSR count). The van der Waals surface area contributed by atoms with Crippen molar-refractivity contribution in [2.45, 2.75) is 4.90 Å². The standard InChI is InChI=1S/C21H22N4O5S/c1-30-12-11-25(14-20(26)24-17-7-5-15(6-8-17)21(22)27)31(28,29)19-4-2-3-16-13-23-10-9-18(16)19/h2-10,13H,11-12,14H2,1H3,(H2,22,27)(H,24,26). The second kappa shape index (κ2) is 9.65. The van der Waals surface area contributed by atoms with E-state index in [1.807, 2.05) is 0 Å². The van der Waals surface area contributed by atoms with Crippen molar-refractivity contribution < 1.29 is 22.7 Å². The number of rotatable bonds is 9. The highest BCUT2D eigenvalue weighted by Gasteiger charge is 2.28. The predicted molar refractivity (Wildman–Crippen MR) is 116 cm³/mol. The number of nitrogens with one attached hydrogen (secondary N) is 1. The molecule has 0 saturated heterocycles. The van der Waals surface area contributed by atoms with Crippen LogP contribution in [0.5, 0.6) is 0 Å². The van der Waals surface area contributed by atoms with Crippen LogP contribution in [0.1, 0.15) is 10.4 Å². The lowest BCUT2D eigenvalue weighted by Gasteiger charge is -2.22. The number of nitrogens with two attached hydrogens (primary N) is 1. The van der Waals surface area contributed by atoms with Crippen molar-refractivity contribution in [3.05, 3.63) is 66.5 Å². The Labute approximate surface area is 179 Å². The van der Waals surface area contributed by atoms with Crippen LogP contribution in [0, 0.1) is 0 Å². The predicted octanol–water partition coefficient (Wildman–Crippen LogP) is 1.61. The molecule has 162 valence electrons. The Morgan fingerprint density at radius 3 is 2.55 bits per heavy atom. The largest absolute Gasteiger partial charge is 0.383 e. The fourth-order valence-electron chi connectivity index (χ4n) is 3.01. The van der Waals surface area contributed by atoms with E-state index in [4.69, 9.17) is 10.5 Å². The molecule has 0 aliphatic heterocycles. The quantitative estimate of drug-likeness (QED) is 0.517. The Morgan fingerprint density at radius 1 is 1.13 bits per heavy atom. The van der Waals surface area contributed by atoms with Gasteiger partial charge >= 0.3 is 0 Å². The summed E-state index contributed by atoms with van der Waals surface area (Å²) in [5.41, 5.74) is 5.92. The Hall–Kier alpha value is -3.34. The van der Waals surface area contributed by atoms with Crippen LogP contribution in [0.4, 0.5) is 5.69 Å². The fraction of sp³-hybridized carbons (Fsp3) is 0.190. The summed E-state index contributed by atoms with van der Waals surface area (Å²) in [6, 6.07) is 12.5. The molecule has 0 spiro atoms. The van der Waals surface area contributed by atoms with Crippen LogP contribution in [0.25, 0.3) is 10.8 Å². The van der Waals surface area contributed by atoms with E-state index in [0.29, 0.717) is 22.0 Å². The van der Waals surface area contributed by atoms with Crippen molar-refractivity contribution in [2.75, 3.05) is 32.1 Å². The maximum atomic E-state index is 13.4. The summed E-state index contributed by atoms with van der Waals surface area (Å²) >= 11 is 0. The number of carbonyl (C=O) groups is 2. The number of pyridine rings is 1. The molecule has 0 aliphatic carbocycles. The number of sulfonamides is 1. The number of primary amides is 1. The number of hydrogen-bond donors (Lipinski definition) is 2. The van der Waals surface area contributed by atoms with E-state index < -0.39 is 28.4 Å². The lowest BCUT2D eigenvalue weighted by Crippen LogP contribution is -2.40. The van der Waals surface area contributed by atoms with Crippen LogP contribution in [-0.4, -0.2) is 56.3 Å². The molecular formula is C21H22N4O5S. The van der Waals surface area contributed by atoms with Crippen LogP contribution in [0.2, 0.25) is 0 Å². The Kier molecular flexibility index (Phi) is 6.95. The summed E-state index contributed by atoms with van der Waals surface area (Å²) < 4.78 is 32.9. The molecule has 3 N–H and O–H groups in total. The fourth-order valence-corrected chi connectivity index (χ4v) is 4.61. The molecule has 1 aromatic heterocycles. The van der Waals surface area contributed by atoms with E-state index in [2.05, 4.69) is 10.3 Å². The van der Waals surface area contributed by atoms with Crippen molar-refractivity contribution in [1.29, 1.82) is 0 Å². The third-order valence-electron chi connectivity index (χ3n) is 4.58.